The minimum atomic E-state index is 0.00618. The van der Waals surface area contributed by atoms with Crippen LogP contribution in [0.25, 0.3) is 0 Å². The molecule has 0 fully saturated rings. The molecule has 1 aromatic rings. The molecule has 0 radical (unpaired) electrons. The molecule has 0 unspecified atom stereocenters. The van der Waals surface area contributed by atoms with Crippen LogP contribution in [0.3, 0.4) is 0 Å². The Bertz CT molecular complexity index is 460. The topological polar surface area (TPSA) is 81.2 Å². The third kappa shape index (κ3) is 3.44. The number of nitrogens with two attached hydrogens (primary N) is 1. The molecule has 0 aliphatic heterocycles. The first kappa shape index (κ1) is 13.8. The number of pyridine rings is 1. The highest BCUT2D eigenvalue weighted by Crippen LogP contribution is 2.26. The van der Waals surface area contributed by atoms with E-state index in [-0.39, 0.29) is 5.84 Å². The van der Waals surface area contributed by atoms with Crippen molar-refractivity contribution in [1.29, 1.82) is 5.41 Å². The minimum Gasteiger partial charge on any atom is -0.475 e. The van der Waals surface area contributed by atoms with Gasteiger partial charge in [-0.15, -0.1) is 0 Å². The normalized spacial score (nSPS) is 13.3. The zero-order chi connectivity index (χ0) is 13.7. The lowest BCUT2D eigenvalue weighted by atomic mass is 10.1. The molecule has 3 N–H and O–H groups in total. The summed E-state index contributed by atoms with van der Waals surface area (Å²) in [4.78, 5) is 4.49. The molecule has 5 heteroatoms. The summed E-state index contributed by atoms with van der Waals surface area (Å²) in [6, 6.07) is 1.94. The third-order valence-corrected chi connectivity index (χ3v) is 3.12. The second-order valence-corrected chi connectivity index (χ2v) is 4.67. The largest absolute Gasteiger partial charge is 0.475 e. The number of aromatic nitrogens is 1. The van der Waals surface area contributed by atoms with Crippen LogP contribution in [-0.4, -0.2) is 30.6 Å². The quantitative estimate of drug-likeness (QED) is 0.445. The molecule has 0 aromatic carbocycles. The monoisotopic (exact) mass is 263 g/mol. The fraction of sp³-hybridized carbons (Fsp3) is 0.571. The molecular weight excluding hydrogens is 242 g/mol. The van der Waals surface area contributed by atoms with Gasteiger partial charge in [-0.1, -0.05) is 6.92 Å². The van der Waals surface area contributed by atoms with Crippen LogP contribution in [0.5, 0.6) is 5.88 Å². The van der Waals surface area contributed by atoms with E-state index in [0.29, 0.717) is 24.7 Å². The zero-order valence-electron chi connectivity index (χ0n) is 11.4. The second-order valence-electron chi connectivity index (χ2n) is 4.67. The van der Waals surface area contributed by atoms with Crippen LogP contribution in [0.15, 0.2) is 6.07 Å². The maximum atomic E-state index is 7.61. The molecule has 1 heterocycles. The van der Waals surface area contributed by atoms with Crippen molar-refractivity contribution in [2.24, 2.45) is 5.73 Å². The van der Waals surface area contributed by atoms with Crippen LogP contribution in [0.1, 0.15) is 36.6 Å². The molecule has 1 aromatic heterocycles. The van der Waals surface area contributed by atoms with Crippen LogP contribution in [0, 0.1) is 5.41 Å². The number of ether oxygens (including phenoxy) is 2. The number of nitrogens with zero attached hydrogens (tertiary/aromatic N) is 1. The number of nitrogen functional groups attached to an aromatic ring is 1. The summed E-state index contributed by atoms with van der Waals surface area (Å²) in [6.07, 6.45) is 4.11. The minimum absolute atomic E-state index is 0.00618. The van der Waals surface area contributed by atoms with Gasteiger partial charge in [0.25, 0.3) is 0 Å². The first-order valence-electron chi connectivity index (χ1n) is 6.80. The predicted octanol–water partition coefficient (Wildman–Crippen LogP) is 1.66. The predicted molar refractivity (Wildman–Crippen MR) is 73.9 cm³/mol. The molecule has 0 saturated heterocycles. The average Bonchev–Trinajstić information content (AvgIpc) is 2.84. The lowest BCUT2D eigenvalue weighted by Crippen LogP contribution is -2.17. The summed E-state index contributed by atoms with van der Waals surface area (Å²) in [5.74, 6) is 0.472. The lowest BCUT2D eigenvalue weighted by Gasteiger charge is -2.12. The highest BCUT2D eigenvalue weighted by Gasteiger charge is 2.18. The lowest BCUT2D eigenvalue weighted by molar-refractivity contribution is 0.0989. The molecule has 104 valence electrons. The van der Waals surface area contributed by atoms with Gasteiger partial charge in [0.2, 0.25) is 5.88 Å². The van der Waals surface area contributed by atoms with Crippen LogP contribution < -0.4 is 10.5 Å². The molecule has 19 heavy (non-hydrogen) atoms. The number of amidine groups is 1. The van der Waals surface area contributed by atoms with E-state index in [1.807, 2.05) is 6.07 Å². The summed E-state index contributed by atoms with van der Waals surface area (Å²) >= 11 is 0. The van der Waals surface area contributed by atoms with Gasteiger partial charge in [-0.3, -0.25) is 5.41 Å². The number of hydrogen-bond donors (Lipinski definition) is 2. The average molecular weight is 263 g/mol. The molecule has 0 saturated carbocycles. The first-order chi connectivity index (χ1) is 9.22. The Kier molecular flexibility index (Phi) is 4.74. The molecule has 0 bridgehead atoms. The Morgan fingerprint density at radius 2 is 2.21 bits per heavy atom. The van der Waals surface area contributed by atoms with Crippen molar-refractivity contribution in [3.63, 3.8) is 0 Å². The molecule has 0 amide bonds. The van der Waals surface area contributed by atoms with E-state index in [2.05, 4.69) is 11.9 Å². The zero-order valence-corrected chi connectivity index (χ0v) is 11.4. The highest BCUT2D eigenvalue weighted by molar-refractivity contribution is 5.97. The van der Waals surface area contributed by atoms with E-state index in [9.17, 15) is 0 Å². The Balaban J connectivity index is 2.03. The van der Waals surface area contributed by atoms with Crippen molar-refractivity contribution >= 4 is 5.84 Å². The van der Waals surface area contributed by atoms with Crippen LogP contribution in [0.2, 0.25) is 0 Å². The number of rotatable bonds is 7. The fourth-order valence-electron chi connectivity index (χ4n) is 2.20. The van der Waals surface area contributed by atoms with Gasteiger partial charge in [0.15, 0.2) is 0 Å². The van der Waals surface area contributed by atoms with E-state index < -0.39 is 0 Å². The maximum absolute atomic E-state index is 7.61. The fourth-order valence-corrected chi connectivity index (χ4v) is 2.20. The van der Waals surface area contributed by atoms with Crippen LogP contribution in [0.4, 0.5) is 0 Å². The van der Waals surface area contributed by atoms with Crippen molar-refractivity contribution in [2.75, 3.05) is 19.8 Å². The van der Waals surface area contributed by atoms with Crippen molar-refractivity contribution in [3.05, 3.63) is 22.9 Å². The van der Waals surface area contributed by atoms with E-state index in [0.717, 1.165) is 38.0 Å². The number of aryl methyl sites for hydroxylation is 2. The van der Waals surface area contributed by atoms with Gasteiger partial charge in [-0.05, 0) is 37.3 Å². The summed E-state index contributed by atoms with van der Waals surface area (Å²) in [6.45, 7) is 3.77. The van der Waals surface area contributed by atoms with Crippen molar-refractivity contribution in [3.8, 4) is 5.88 Å². The van der Waals surface area contributed by atoms with Gasteiger partial charge in [0.1, 0.15) is 12.4 Å². The van der Waals surface area contributed by atoms with E-state index in [1.165, 1.54) is 5.56 Å². The molecule has 0 spiro atoms. The van der Waals surface area contributed by atoms with Gasteiger partial charge < -0.3 is 15.2 Å². The van der Waals surface area contributed by atoms with Gasteiger partial charge in [-0.25, -0.2) is 4.98 Å². The van der Waals surface area contributed by atoms with E-state index >= 15 is 0 Å². The smallest absolute Gasteiger partial charge is 0.224 e. The Labute approximate surface area is 113 Å². The number of nitrogens with one attached hydrogen (secondary N) is 1. The molecular formula is C14H21N3O2. The van der Waals surface area contributed by atoms with Crippen LogP contribution >= 0.6 is 0 Å². The van der Waals surface area contributed by atoms with Crippen LogP contribution in [-0.2, 0) is 17.6 Å². The first-order valence-corrected chi connectivity index (χ1v) is 6.80. The molecule has 1 aliphatic rings. The van der Waals surface area contributed by atoms with E-state index in [4.69, 9.17) is 20.6 Å². The summed E-state index contributed by atoms with van der Waals surface area (Å²) < 4.78 is 11.0. The van der Waals surface area contributed by atoms with Gasteiger partial charge in [0.05, 0.1) is 12.2 Å². The standard InChI is InChI=1S/C14H21N3O2/c1-2-6-18-7-8-19-14-11(13(15)16)9-10-4-3-5-12(10)17-14/h9H,2-8H2,1H3,(H3,15,16). The Morgan fingerprint density at radius 3 is 2.95 bits per heavy atom. The SMILES string of the molecule is CCCOCCOc1nc2c(cc1C(=N)N)CCC2. The Hall–Kier alpha value is -1.62. The van der Waals surface area contributed by atoms with E-state index in [1.54, 1.807) is 0 Å². The molecule has 2 rings (SSSR count). The maximum Gasteiger partial charge on any atom is 0.224 e. The van der Waals surface area contributed by atoms with Crippen molar-refractivity contribution in [1.82, 2.24) is 4.98 Å². The Morgan fingerprint density at radius 1 is 1.37 bits per heavy atom. The third-order valence-electron chi connectivity index (χ3n) is 3.12. The van der Waals surface area contributed by atoms with Crippen molar-refractivity contribution < 1.29 is 9.47 Å². The molecule has 1 aliphatic carbocycles. The summed E-state index contributed by atoms with van der Waals surface area (Å²) in [7, 11) is 0. The molecule has 0 atom stereocenters. The summed E-state index contributed by atoms with van der Waals surface area (Å²) in [5, 5.41) is 7.61. The molecule has 5 nitrogen and oxygen atoms in total. The van der Waals surface area contributed by atoms with Gasteiger partial charge in [0, 0.05) is 12.3 Å². The van der Waals surface area contributed by atoms with Gasteiger partial charge >= 0.3 is 0 Å². The summed E-state index contributed by atoms with van der Waals surface area (Å²) in [5.41, 5.74) is 8.46. The van der Waals surface area contributed by atoms with Crippen molar-refractivity contribution in [2.45, 2.75) is 32.6 Å². The highest BCUT2D eigenvalue weighted by atomic mass is 16.5. The number of fused-ring (bicyclic) bond motifs is 1. The second kappa shape index (κ2) is 6.52. The number of hydrogen-bond acceptors (Lipinski definition) is 4. The van der Waals surface area contributed by atoms with Gasteiger partial charge in [-0.2, -0.15) is 0 Å².